The van der Waals surface area contributed by atoms with Crippen LogP contribution >= 0.6 is 0 Å². The maximum absolute atomic E-state index is 12.2. The van der Waals surface area contributed by atoms with Crippen molar-refractivity contribution >= 4 is 5.91 Å². The lowest BCUT2D eigenvalue weighted by atomic mass is 9.97. The Morgan fingerprint density at radius 3 is 2.85 bits per heavy atom. The Kier molecular flexibility index (Phi) is 4.42. The van der Waals surface area contributed by atoms with Crippen LogP contribution in [-0.4, -0.2) is 38.2 Å². The summed E-state index contributed by atoms with van der Waals surface area (Å²) in [6, 6.07) is 0. The standard InChI is InChI=1S/C14H24N4O2/c1-10(2)6-7-18-8-12(16-17-18)13(20)15-14(3,9-19)11-4-5-11/h8,10-11,19H,4-7,9H2,1-3H3,(H,15,20). The van der Waals surface area contributed by atoms with E-state index in [0.29, 0.717) is 17.5 Å². The summed E-state index contributed by atoms with van der Waals surface area (Å²) < 4.78 is 1.70. The van der Waals surface area contributed by atoms with E-state index in [1.165, 1.54) is 0 Å². The highest BCUT2D eigenvalue weighted by Crippen LogP contribution is 2.39. The largest absolute Gasteiger partial charge is 0.394 e. The number of aromatic nitrogens is 3. The fourth-order valence-corrected chi connectivity index (χ4v) is 2.22. The molecule has 1 aromatic heterocycles. The van der Waals surface area contributed by atoms with Crippen LogP contribution in [0.5, 0.6) is 0 Å². The molecule has 20 heavy (non-hydrogen) atoms. The van der Waals surface area contributed by atoms with Gasteiger partial charge < -0.3 is 10.4 Å². The van der Waals surface area contributed by atoms with Gasteiger partial charge in [0.15, 0.2) is 5.69 Å². The molecule has 6 nitrogen and oxygen atoms in total. The van der Waals surface area contributed by atoms with E-state index in [4.69, 9.17) is 0 Å². The van der Waals surface area contributed by atoms with Crippen LogP contribution in [0, 0.1) is 11.8 Å². The summed E-state index contributed by atoms with van der Waals surface area (Å²) >= 11 is 0. The van der Waals surface area contributed by atoms with Crippen LogP contribution in [0.25, 0.3) is 0 Å². The first-order chi connectivity index (χ1) is 9.44. The highest BCUT2D eigenvalue weighted by molar-refractivity contribution is 5.92. The van der Waals surface area contributed by atoms with E-state index >= 15 is 0 Å². The van der Waals surface area contributed by atoms with Gasteiger partial charge in [0.25, 0.3) is 5.91 Å². The van der Waals surface area contributed by atoms with Crippen molar-refractivity contribution < 1.29 is 9.90 Å². The Labute approximate surface area is 119 Å². The molecule has 2 rings (SSSR count). The minimum atomic E-state index is -0.543. The maximum atomic E-state index is 12.2. The second kappa shape index (κ2) is 5.91. The normalized spacial score (nSPS) is 18.1. The molecule has 1 atom stereocenters. The summed E-state index contributed by atoms with van der Waals surface area (Å²) in [4.78, 5) is 12.2. The first-order valence-corrected chi connectivity index (χ1v) is 7.28. The molecule has 0 aliphatic heterocycles. The molecule has 0 spiro atoms. The number of hydrogen-bond donors (Lipinski definition) is 2. The monoisotopic (exact) mass is 280 g/mol. The number of carbonyl (C=O) groups excluding carboxylic acids is 1. The number of rotatable bonds is 7. The first kappa shape index (κ1) is 15.0. The molecule has 0 aromatic carbocycles. The zero-order valence-corrected chi connectivity index (χ0v) is 12.5. The highest BCUT2D eigenvalue weighted by atomic mass is 16.3. The first-order valence-electron chi connectivity index (χ1n) is 7.28. The van der Waals surface area contributed by atoms with Gasteiger partial charge in [0.1, 0.15) is 0 Å². The third-order valence-electron chi connectivity index (χ3n) is 3.91. The van der Waals surface area contributed by atoms with Crippen molar-refractivity contribution in [1.29, 1.82) is 0 Å². The van der Waals surface area contributed by atoms with Crippen molar-refractivity contribution in [2.75, 3.05) is 6.61 Å². The number of nitrogens with zero attached hydrogens (tertiary/aromatic N) is 3. The van der Waals surface area contributed by atoms with E-state index in [1.807, 2.05) is 6.92 Å². The van der Waals surface area contributed by atoms with Crippen LogP contribution in [0.15, 0.2) is 6.20 Å². The minimum Gasteiger partial charge on any atom is -0.394 e. The maximum Gasteiger partial charge on any atom is 0.273 e. The van der Waals surface area contributed by atoms with Crippen LogP contribution in [0.1, 0.15) is 50.5 Å². The van der Waals surface area contributed by atoms with Gasteiger partial charge in [-0.05, 0) is 38.0 Å². The summed E-state index contributed by atoms with van der Waals surface area (Å²) in [6.45, 7) is 6.88. The third-order valence-corrected chi connectivity index (χ3v) is 3.91. The van der Waals surface area contributed by atoms with Crippen LogP contribution in [-0.2, 0) is 6.54 Å². The van der Waals surface area contributed by atoms with Gasteiger partial charge in [-0.25, -0.2) is 0 Å². The van der Waals surface area contributed by atoms with Gasteiger partial charge in [-0.2, -0.15) is 0 Å². The summed E-state index contributed by atoms with van der Waals surface area (Å²) in [5.41, 5.74) is -0.229. The van der Waals surface area contributed by atoms with Gasteiger partial charge in [-0.1, -0.05) is 19.1 Å². The average molecular weight is 280 g/mol. The molecule has 1 aliphatic rings. The Morgan fingerprint density at radius 1 is 1.60 bits per heavy atom. The number of carbonyl (C=O) groups is 1. The van der Waals surface area contributed by atoms with Gasteiger partial charge in [-0.15, -0.1) is 5.10 Å². The molecule has 1 saturated carbocycles. The minimum absolute atomic E-state index is 0.0507. The van der Waals surface area contributed by atoms with Crippen LogP contribution in [0.2, 0.25) is 0 Å². The van der Waals surface area contributed by atoms with E-state index in [0.717, 1.165) is 25.8 Å². The lowest BCUT2D eigenvalue weighted by Gasteiger charge is -2.28. The molecule has 1 heterocycles. The zero-order valence-electron chi connectivity index (χ0n) is 12.5. The topological polar surface area (TPSA) is 80.0 Å². The van der Waals surface area contributed by atoms with Gasteiger partial charge >= 0.3 is 0 Å². The van der Waals surface area contributed by atoms with E-state index in [9.17, 15) is 9.90 Å². The van der Waals surface area contributed by atoms with Gasteiger partial charge in [0, 0.05) is 6.54 Å². The van der Waals surface area contributed by atoms with E-state index in [1.54, 1.807) is 10.9 Å². The number of hydrogen-bond acceptors (Lipinski definition) is 4. The lowest BCUT2D eigenvalue weighted by Crippen LogP contribution is -2.50. The smallest absolute Gasteiger partial charge is 0.273 e. The third kappa shape index (κ3) is 3.56. The van der Waals surface area contributed by atoms with Gasteiger partial charge in [-0.3, -0.25) is 9.48 Å². The van der Waals surface area contributed by atoms with Crippen molar-refractivity contribution in [1.82, 2.24) is 20.3 Å². The lowest BCUT2D eigenvalue weighted by molar-refractivity contribution is 0.0819. The molecule has 2 N–H and O–H groups in total. The second-order valence-corrected chi connectivity index (χ2v) is 6.35. The molecule has 0 bridgehead atoms. The predicted octanol–water partition coefficient (Wildman–Crippen LogP) is 1.21. The Bertz CT molecular complexity index is 467. The van der Waals surface area contributed by atoms with Crippen LogP contribution in [0.3, 0.4) is 0 Å². The summed E-state index contributed by atoms with van der Waals surface area (Å²) in [5, 5.41) is 20.3. The van der Waals surface area contributed by atoms with E-state index in [2.05, 4.69) is 29.5 Å². The van der Waals surface area contributed by atoms with Crippen LogP contribution < -0.4 is 5.32 Å². The summed E-state index contributed by atoms with van der Waals surface area (Å²) in [6.07, 6.45) is 4.78. The number of amides is 1. The SMILES string of the molecule is CC(C)CCn1cc(C(=O)NC(C)(CO)C2CC2)nn1. The Hall–Kier alpha value is -1.43. The van der Waals surface area contributed by atoms with Crippen molar-refractivity contribution in [3.05, 3.63) is 11.9 Å². The molecule has 1 fully saturated rings. The van der Waals surface area contributed by atoms with Crippen molar-refractivity contribution in [3.63, 3.8) is 0 Å². The van der Waals surface area contributed by atoms with E-state index < -0.39 is 5.54 Å². The fourth-order valence-electron chi connectivity index (χ4n) is 2.22. The molecule has 0 radical (unpaired) electrons. The zero-order chi connectivity index (χ0) is 14.8. The molecule has 112 valence electrons. The molecule has 6 heteroatoms. The number of aliphatic hydroxyl groups excluding tert-OH is 1. The summed E-state index contributed by atoms with van der Waals surface area (Å²) in [7, 11) is 0. The molecule has 1 aromatic rings. The fraction of sp³-hybridized carbons (Fsp3) is 0.786. The predicted molar refractivity (Wildman–Crippen MR) is 75.2 cm³/mol. The number of aliphatic hydroxyl groups is 1. The highest BCUT2D eigenvalue weighted by Gasteiger charge is 2.42. The van der Waals surface area contributed by atoms with Crippen molar-refractivity contribution in [2.24, 2.45) is 11.8 Å². The Balaban J connectivity index is 1.95. The quantitative estimate of drug-likeness (QED) is 0.787. The molecule has 1 unspecified atom stereocenters. The molecular weight excluding hydrogens is 256 g/mol. The van der Waals surface area contributed by atoms with Crippen molar-refractivity contribution in [2.45, 2.75) is 52.1 Å². The van der Waals surface area contributed by atoms with Crippen molar-refractivity contribution in [3.8, 4) is 0 Å². The Morgan fingerprint density at radius 2 is 2.30 bits per heavy atom. The van der Waals surface area contributed by atoms with Gasteiger partial charge in [0.05, 0.1) is 18.3 Å². The van der Waals surface area contributed by atoms with Gasteiger partial charge in [0.2, 0.25) is 0 Å². The number of nitrogens with one attached hydrogen (secondary N) is 1. The molecule has 1 amide bonds. The molecule has 1 aliphatic carbocycles. The number of aryl methyl sites for hydroxylation is 1. The molecular formula is C14H24N4O2. The summed E-state index contributed by atoms with van der Waals surface area (Å²) in [5.74, 6) is 0.695. The average Bonchev–Trinajstić information content (AvgIpc) is 3.15. The van der Waals surface area contributed by atoms with Crippen LogP contribution in [0.4, 0.5) is 0 Å². The van der Waals surface area contributed by atoms with E-state index in [-0.39, 0.29) is 12.5 Å². The molecule has 0 saturated heterocycles. The second-order valence-electron chi connectivity index (χ2n) is 6.35.